The predicted molar refractivity (Wildman–Crippen MR) is 106 cm³/mol. The molecule has 0 aliphatic heterocycles. The van der Waals surface area contributed by atoms with Gasteiger partial charge in [-0.3, -0.25) is 4.79 Å². The molecule has 4 nitrogen and oxygen atoms in total. The van der Waals surface area contributed by atoms with E-state index >= 15 is 0 Å². The minimum atomic E-state index is 0.0149. The molecule has 0 atom stereocenters. The number of nitrogens with zero attached hydrogens (tertiary/aromatic N) is 2. The van der Waals surface area contributed by atoms with Crippen molar-refractivity contribution in [1.29, 1.82) is 0 Å². The summed E-state index contributed by atoms with van der Waals surface area (Å²) in [6, 6.07) is 0. The van der Waals surface area contributed by atoms with E-state index < -0.39 is 0 Å². The van der Waals surface area contributed by atoms with Gasteiger partial charge in [-0.05, 0) is 25.7 Å². The van der Waals surface area contributed by atoms with Gasteiger partial charge >= 0.3 is 0 Å². The molecule has 1 saturated carbocycles. The van der Waals surface area contributed by atoms with Crippen molar-refractivity contribution in [3.63, 3.8) is 0 Å². The number of aromatic nitrogens is 2. The van der Waals surface area contributed by atoms with E-state index in [0.717, 1.165) is 24.3 Å². The molecule has 0 saturated heterocycles. The van der Waals surface area contributed by atoms with Crippen molar-refractivity contribution >= 4 is 22.4 Å². The van der Waals surface area contributed by atoms with Gasteiger partial charge in [0.15, 0.2) is 0 Å². The molecular formula is C20H29N3OS. The maximum Gasteiger partial charge on any atom is 0.226 e. The summed E-state index contributed by atoms with van der Waals surface area (Å²) < 4.78 is 0. The number of carbonyl (C=O) groups is 1. The Morgan fingerprint density at radius 2 is 2.00 bits per heavy atom. The molecule has 0 bridgehead atoms. The van der Waals surface area contributed by atoms with Crippen LogP contribution < -0.4 is 5.32 Å². The topological polar surface area (TPSA) is 54.9 Å². The average Bonchev–Trinajstić information content (AvgIpc) is 3.09. The van der Waals surface area contributed by atoms with Gasteiger partial charge in [0.25, 0.3) is 0 Å². The van der Waals surface area contributed by atoms with Gasteiger partial charge in [0, 0.05) is 12.3 Å². The van der Waals surface area contributed by atoms with Crippen LogP contribution in [-0.2, 0) is 4.79 Å². The minimum Gasteiger partial charge on any atom is -0.301 e. The van der Waals surface area contributed by atoms with Crippen molar-refractivity contribution in [3.8, 4) is 0 Å². The van der Waals surface area contributed by atoms with Gasteiger partial charge in [-0.2, -0.15) is 0 Å². The van der Waals surface area contributed by atoms with Gasteiger partial charge < -0.3 is 5.32 Å². The van der Waals surface area contributed by atoms with E-state index in [9.17, 15) is 4.79 Å². The standard InChI is InChI=1S/C20H29N3OS/c1-3-5-7-11-16(10-4-2)14-15-18(24)21-20-23-22-19(25-20)17-12-8-6-9-13-17/h3,5,7,11,17H,1,4,6,8-10,12-15H2,2H3,(H,21,23,24)/b7-5-,16-11+. The maximum absolute atomic E-state index is 12.2. The first-order chi connectivity index (χ1) is 12.2. The lowest BCUT2D eigenvalue weighted by Gasteiger charge is -2.18. The summed E-state index contributed by atoms with van der Waals surface area (Å²) in [5.74, 6) is 0.550. The van der Waals surface area contributed by atoms with Crippen LogP contribution in [0.4, 0.5) is 5.13 Å². The monoisotopic (exact) mass is 359 g/mol. The van der Waals surface area contributed by atoms with Crippen LogP contribution in [0.2, 0.25) is 0 Å². The van der Waals surface area contributed by atoms with Crippen molar-refractivity contribution in [2.75, 3.05) is 5.32 Å². The number of anilines is 1. The summed E-state index contributed by atoms with van der Waals surface area (Å²) in [7, 11) is 0. The Bertz CT molecular complexity index is 612. The number of carbonyl (C=O) groups excluding carboxylic acids is 1. The fraction of sp³-hybridized carbons (Fsp3) is 0.550. The maximum atomic E-state index is 12.2. The molecule has 0 radical (unpaired) electrons. The van der Waals surface area contributed by atoms with Crippen LogP contribution in [0.1, 0.15) is 75.6 Å². The molecule has 0 unspecified atom stereocenters. The molecule has 1 amide bonds. The van der Waals surface area contributed by atoms with E-state index in [1.54, 1.807) is 6.08 Å². The van der Waals surface area contributed by atoms with Gasteiger partial charge in [0.05, 0.1) is 0 Å². The number of rotatable bonds is 9. The normalized spacial score (nSPS) is 16.3. The Balaban J connectivity index is 1.82. The van der Waals surface area contributed by atoms with Crippen LogP contribution in [0.15, 0.2) is 36.5 Å². The number of hydrogen-bond acceptors (Lipinski definition) is 4. The van der Waals surface area contributed by atoms with Crippen LogP contribution >= 0.6 is 11.3 Å². The Kier molecular flexibility index (Phi) is 8.60. The molecule has 25 heavy (non-hydrogen) atoms. The molecule has 5 heteroatoms. The van der Waals surface area contributed by atoms with Gasteiger partial charge in [-0.25, -0.2) is 0 Å². The number of nitrogens with one attached hydrogen (secondary N) is 1. The minimum absolute atomic E-state index is 0.0149. The van der Waals surface area contributed by atoms with Gasteiger partial charge in [0.2, 0.25) is 11.0 Å². The highest BCUT2D eigenvalue weighted by molar-refractivity contribution is 7.15. The SMILES string of the molecule is C=C/C=C\C=C(/CCC)CCC(=O)Nc1nnc(C2CCCCC2)s1. The van der Waals surface area contributed by atoms with Gasteiger partial charge in [-0.15, -0.1) is 10.2 Å². The van der Waals surface area contributed by atoms with E-state index in [-0.39, 0.29) is 5.91 Å². The molecule has 1 heterocycles. The zero-order valence-corrected chi connectivity index (χ0v) is 16.0. The highest BCUT2D eigenvalue weighted by atomic mass is 32.1. The molecule has 1 aromatic heterocycles. The second-order valence-electron chi connectivity index (χ2n) is 6.52. The number of amides is 1. The lowest BCUT2D eigenvalue weighted by atomic mass is 9.90. The van der Waals surface area contributed by atoms with E-state index in [1.807, 2.05) is 12.2 Å². The summed E-state index contributed by atoms with van der Waals surface area (Å²) >= 11 is 1.54. The smallest absolute Gasteiger partial charge is 0.226 e. The molecule has 2 rings (SSSR count). The van der Waals surface area contributed by atoms with Crippen LogP contribution in [-0.4, -0.2) is 16.1 Å². The number of hydrogen-bond donors (Lipinski definition) is 1. The molecule has 1 aliphatic carbocycles. The lowest BCUT2D eigenvalue weighted by molar-refractivity contribution is -0.116. The van der Waals surface area contributed by atoms with Crippen LogP contribution in [0, 0.1) is 0 Å². The van der Waals surface area contributed by atoms with Crippen molar-refractivity contribution in [2.45, 2.75) is 70.6 Å². The molecular weight excluding hydrogens is 330 g/mol. The fourth-order valence-corrected chi connectivity index (χ4v) is 4.07. The van der Waals surface area contributed by atoms with Crippen molar-refractivity contribution in [3.05, 3.63) is 41.5 Å². The number of allylic oxidation sites excluding steroid dienone is 5. The Labute approximate surface area is 155 Å². The lowest BCUT2D eigenvalue weighted by Crippen LogP contribution is -2.11. The quantitative estimate of drug-likeness (QED) is 0.569. The first-order valence-corrected chi connectivity index (χ1v) is 10.1. The van der Waals surface area contributed by atoms with E-state index in [4.69, 9.17) is 0 Å². The second kappa shape index (κ2) is 11.0. The Morgan fingerprint density at radius 3 is 2.72 bits per heavy atom. The summed E-state index contributed by atoms with van der Waals surface area (Å²) in [6.07, 6.45) is 17.4. The van der Waals surface area contributed by atoms with E-state index in [2.05, 4.69) is 35.1 Å². The summed E-state index contributed by atoms with van der Waals surface area (Å²) in [6.45, 7) is 5.82. The van der Waals surface area contributed by atoms with E-state index in [1.165, 1.54) is 49.0 Å². The van der Waals surface area contributed by atoms with Crippen LogP contribution in [0.25, 0.3) is 0 Å². The molecule has 1 aromatic rings. The Morgan fingerprint density at radius 1 is 1.20 bits per heavy atom. The summed E-state index contributed by atoms with van der Waals surface area (Å²) in [5.41, 5.74) is 1.29. The third kappa shape index (κ3) is 6.94. The van der Waals surface area contributed by atoms with Crippen LogP contribution in [0.5, 0.6) is 0 Å². The highest BCUT2D eigenvalue weighted by Crippen LogP contribution is 2.35. The first-order valence-electron chi connectivity index (χ1n) is 9.33. The van der Waals surface area contributed by atoms with Crippen molar-refractivity contribution < 1.29 is 4.79 Å². The highest BCUT2D eigenvalue weighted by Gasteiger charge is 2.20. The van der Waals surface area contributed by atoms with Crippen molar-refractivity contribution in [1.82, 2.24) is 10.2 Å². The first kappa shape index (κ1) is 19.6. The zero-order valence-electron chi connectivity index (χ0n) is 15.2. The van der Waals surface area contributed by atoms with Gasteiger partial charge in [-0.1, -0.05) is 80.4 Å². The average molecular weight is 360 g/mol. The van der Waals surface area contributed by atoms with Crippen molar-refractivity contribution in [2.24, 2.45) is 0 Å². The third-order valence-corrected chi connectivity index (χ3v) is 5.47. The molecule has 0 spiro atoms. The largest absolute Gasteiger partial charge is 0.301 e. The van der Waals surface area contributed by atoms with E-state index in [0.29, 0.717) is 17.5 Å². The molecule has 1 fully saturated rings. The molecule has 1 N–H and O–H groups in total. The zero-order chi connectivity index (χ0) is 17.9. The summed E-state index contributed by atoms with van der Waals surface area (Å²) in [5, 5.41) is 13.1. The second-order valence-corrected chi connectivity index (χ2v) is 7.53. The molecule has 136 valence electrons. The molecule has 0 aromatic carbocycles. The predicted octanol–water partition coefficient (Wildman–Crippen LogP) is 5.77. The van der Waals surface area contributed by atoms with Gasteiger partial charge in [0.1, 0.15) is 5.01 Å². The molecule has 1 aliphatic rings. The summed E-state index contributed by atoms with van der Waals surface area (Å²) in [4.78, 5) is 12.2. The Hall–Kier alpha value is -1.75. The fourth-order valence-electron chi connectivity index (χ4n) is 3.14. The van der Waals surface area contributed by atoms with Crippen LogP contribution in [0.3, 0.4) is 0 Å². The third-order valence-electron chi connectivity index (χ3n) is 4.46.